The molecule has 140 valence electrons. The number of thioether (sulfide) groups is 1. The van der Waals surface area contributed by atoms with Crippen LogP contribution in [0.1, 0.15) is 12.8 Å². The number of fused-ring (bicyclic) bond motifs is 1. The molecule has 1 aliphatic heterocycles. The van der Waals surface area contributed by atoms with Crippen LogP contribution in [0.25, 0.3) is 5.65 Å². The Balaban J connectivity index is 1.37. The van der Waals surface area contributed by atoms with Crippen molar-refractivity contribution in [2.75, 3.05) is 29.1 Å². The largest absolute Gasteiger partial charge is 0.372 e. The van der Waals surface area contributed by atoms with Crippen molar-refractivity contribution >= 4 is 57.9 Å². The summed E-state index contributed by atoms with van der Waals surface area (Å²) in [4.78, 5) is 14.6. The molecule has 0 unspecified atom stereocenters. The van der Waals surface area contributed by atoms with E-state index >= 15 is 0 Å². The van der Waals surface area contributed by atoms with Gasteiger partial charge in [-0.1, -0.05) is 35.0 Å². The first kappa shape index (κ1) is 18.4. The third-order valence-corrected chi connectivity index (χ3v) is 5.78. The van der Waals surface area contributed by atoms with Crippen molar-refractivity contribution in [2.45, 2.75) is 18.0 Å². The molecule has 4 rings (SSSR count). The minimum absolute atomic E-state index is 0.112. The smallest absolute Gasteiger partial charge is 0.234 e. The lowest BCUT2D eigenvalue weighted by atomic mass is 10.2. The summed E-state index contributed by atoms with van der Waals surface area (Å²) in [6.07, 6.45) is 4.16. The molecule has 2 aromatic heterocycles. The summed E-state index contributed by atoms with van der Waals surface area (Å²) in [5.41, 5.74) is 2.49. The molecule has 1 amide bonds. The number of nitrogens with one attached hydrogen (secondary N) is 1. The van der Waals surface area contributed by atoms with E-state index in [0.717, 1.165) is 18.8 Å². The fraction of sp³-hybridized carbons (Fsp3) is 0.278. The molecular formula is C18H17Cl2N5OS. The maximum absolute atomic E-state index is 12.3. The van der Waals surface area contributed by atoms with Crippen molar-refractivity contribution in [1.29, 1.82) is 0 Å². The Morgan fingerprint density at radius 1 is 1.15 bits per heavy atom. The number of anilines is 2. The molecule has 3 heterocycles. The Kier molecular flexibility index (Phi) is 5.43. The molecule has 1 saturated heterocycles. The molecule has 27 heavy (non-hydrogen) atoms. The van der Waals surface area contributed by atoms with E-state index < -0.39 is 0 Å². The number of aromatic nitrogens is 3. The van der Waals surface area contributed by atoms with E-state index in [9.17, 15) is 4.79 Å². The number of halogens is 2. The lowest BCUT2D eigenvalue weighted by molar-refractivity contribution is -0.113. The molecule has 1 aromatic carbocycles. The average Bonchev–Trinajstić information content (AvgIpc) is 3.31. The molecule has 1 N–H and O–H groups in total. The lowest BCUT2D eigenvalue weighted by Gasteiger charge is -2.17. The van der Waals surface area contributed by atoms with E-state index in [0.29, 0.717) is 20.8 Å². The number of rotatable bonds is 5. The number of amides is 1. The van der Waals surface area contributed by atoms with Crippen molar-refractivity contribution in [1.82, 2.24) is 14.6 Å². The third kappa shape index (κ3) is 4.15. The van der Waals surface area contributed by atoms with Gasteiger partial charge in [-0.25, -0.2) is 0 Å². The fourth-order valence-electron chi connectivity index (χ4n) is 3.06. The zero-order valence-electron chi connectivity index (χ0n) is 14.4. The van der Waals surface area contributed by atoms with E-state index in [-0.39, 0.29) is 11.7 Å². The first-order valence-electron chi connectivity index (χ1n) is 8.57. The van der Waals surface area contributed by atoms with Gasteiger partial charge in [0, 0.05) is 30.7 Å². The van der Waals surface area contributed by atoms with E-state index in [4.69, 9.17) is 23.2 Å². The first-order valence-corrected chi connectivity index (χ1v) is 10.3. The number of hydrogen-bond donors (Lipinski definition) is 1. The van der Waals surface area contributed by atoms with Crippen LogP contribution < -0.4 is 10.2 Å². The van der Waals surface area contributed by atoms with Gasteiger partial charge in [0.25, 0.3) is 0 Å². The van der Waals surface area contributed by atoms with Crippen molar-refractivity contribution < 1.29 is 4.79 Å². The van der Waals surface area contributed by atoms with E-state index in [1.54, 1.807) is 16.7 Å². The second-order valence-electron chi connectivity index (χ2n) is 6.26. The van der Waals surface area contributed by atoms with Crippen molar-refractivity contribution in [3.05, 3.63) is 46.6 Å². The van der Waals surface area contributed by atoms with Gasteiger partial charge in [0.15, 0.2) is 10.8 Å². The van der Waals surface area contributed by atoms with Gasteiger partial charge in [0.2, 0.25) is 5.91 Å². The van der Waals surface area contributed by atoms with Gasteiger partial charge in [0.05, 0.1) is 15.8 Å². The summed E-state index contributed by atoms with van der Waals surface area (Å²) in [5, 5.41) is 12.5. The number of carbonyl (C=O) groups excluding carboxylic acids is 1. The number of benzene rings is 1. The fourth-order valence-corrected chi connectivity index (χ4v) is 4.28. The summed E-state index contributed by atoms with van der Waals surface area (Å²) in [7, 11) is 0. The Morgan fingerprint density at radius 2 is 1.89 bits per heavy atom. The highest BCUT2D eigenvalue weighted by Crippen LogP contribution is 2.26. The van der Waals surface area contributed by atoms with Crippen molar-refractivity contribution in [2.24, 2.45) is 0 Å². The molecule has 0 aliphatic carbocycles. The Labute approximate surface area is 170 Å². The molecule has 0 bridgehead atoms. The van der Waals surface area contributed by atoms with Crippen molar-refractivity contribution in [3.63, 3.8) is 0 Å². The highest BCUT2D eigenvalue weighted by molar-refractivity contribution is 7.99. The Morgan fingerprint density at radius 3 is 2.63 bits per heavy atom. The number of nitrogens with zero attached hydrogens (tertiary/aromatic N) is 4. The summed E-state index contributed by atoms with van der Waals surface area (Å²) in [5.74, 6) is 0.0949. The second kappa shape index (κ2) is 7.96. The minimum Gasteiger partial charge on any atom is -0.372 e. The maximum Gasteiger partial charge on any atom is 0.234 e. The van der Waals surface area contributed by atoms with Crippen LogP contribution in [0.15, 0.2) is 41.7 Å². The summed E-state index contributed by atoms with van der Waals surface area (Å²) < 4.78 is 1.69. The highest BCUT2D eigenvalue weighted by atomic mass is 35.5. The van der Waals surface area contributed by atoms with Crippen LogP contribution in [0.3, 0.4) is 0 Å². The molecule has 3 aromatic rings. The molecule has 1 fully saturated rings. The first-order chi connectivity index (χ1) is 13.1. The maximum atomic E-state index is 12.3. The number of hydrogen-bond acceptors (Lipinski definition) is 5. The number of pyridine rings is 1. The third-order valence-electron chi connectivity index (χ3n) is 4.35. The summed E-state index contributed by atoms with van der Waals surface area (Å²) >= 11 is 13.4. The zero-order chi connectivity index (χ0) is 18.8. The lowest BCUT2D eigenvalue weighted by Crippen LogP contribution is -2.18. The molecule has 6 nitrogen and oxygen atoms in total. The SMILES string of the molecule is O=C(CSc1nnc2c(Cl)cc(Cl)cn12)Nc1ccc(N2CCCC2)cc1. The topological polar surface area (TPSA) is 62.5 Å². The van der Waals surface area contributed by atoms with Gasteiger partial charge < -0.3 is 10.2 Å². The predicted molar refractivity (Wildman–Crippen MR) is 110 cm³/mol. The van der Waals surface area contributed by atoms with Crippen LogP contribution in [-0.4, -0.2) is 39.3 Å². The van der Waals surface area contributed by atoms with Crippen LogP contribution in [-0.2, 0) is 4.79 Å². The van der Waals surface area contributed by atoms with Crippen LogP contribution in [0, 0.1) is 0 Å². The van der Waals surface area contributed by atoms with E-state index in [1.165, 1.54) is 30.3 Å². The van der Waals surface area contributed by atoms with E-state index in [2.05, 4.69) is 20.4 Å². The van der Waals surface area contributed by atoms with Crippen LogP contribution >= 0.6 is 35.0 Å². The zero-order valence-corrected chi connectivity index (χ0v) is 16.7. The summed E-state index contributed by atoms with van der Waals surface area (Å²) in [6.45, 7) is 2.20. The normalized spacial score (nSPS) is 14.1. The van der Waals surface area contributed by atoms with Crippen LogP contribution in [0.5, 0.6) is 0 Å². The van der Waals surface area contributed by atoms with Gasteiger partial charge in [-0.3, -0.25) is 9.20 Å². The van der Waals surface area contributed by atoms with Crippen molar-refractivity contribution in [3.8, 4) is 0 Å². The van der Waals surface area contributed by atoms with Gasteiger partial charge in [0.1, 0.15) is 0 Å². The van der Waals surface area contributed by atoms with Gasteiger partial charge >= 0.3 is 0 Å². The monoisotopic (exact) mass is 421 g/mol. The average molecular weight is 422 g/mol. The number of carbonyl (C=O) groups is 1. The standard InChI is InChI=1S/C18H17Cl2N5OS/c19-12-9-15(20)17-22-23-18(25(17)10-12)27-11-16(26)21-13-3-5-14(6-4-13)24-7-1-2-8-24/h3-6,9-10H,1-2,7-8,11H2,(H,21,26). The minimum atomic E-state index is -0.112. The molecular weight excluding hydrogens is 405 g/mol. The molecule has 1 aliphatic rings. The second-order valence-corrected chi connectivity index (χ2v) is 8.05. The summed E-state index contributed by atoms with van der Waals surface area (Å²) in [6, 6.07) is 9.57. The predicted octanol–water partition coefficient (Wildman–Crippen LogP) is 4.37. The van der Waals surface area contributed by atoms with E-state index in [1.807, 2.05) is 24.3 Å². The van der Waals surface area contributed by atoms with Gasteiger partial charge in [-0.2, -0.15) is 0 Å². The van der Waals surface area contributed by atoms with Gasteiger partial charge in [-0.05, 0) is 43.2 Å². The molecule has 0 atom stereocenters. The van der Waals surface area contributed by atoms with Gasteiger partial charge in [-0.15, -0.1) is 10.2 Å². The molecule has 0 saturated carbocycles. The van der Waals surface area contributed by atoms with Crippen LogP contribution in [0.4, 0.5) is 11.4 Å². The quantitative estimate of drug-likeness (QED) is 0.619. The molecule has 0 spiro atoms. The van der Waals surface area contributed by atoms with Crippen LogP contribution in [0.2, 0.25) is 10.0 Å². The molecule has 0 radical (unpaired) electrons. The Bertz CT molecular complexity index is 970. The molecule has 9 heteroatoms. The Hall–Kier alpha value is -1.96. The highest BCUT2D eigenvalue weighted by Gasteiger charge is 2.14.